The van der Waals surface area contributed by atoms with E-state index in [0.717, 1.165) is 54.6 Å². The van der Waals surface area contributed by atoms with Gasteiger partial charge in [0.2, 0.25) is 5.91 Å². The molecule has 1 aromatic carbocycles. The fraction of sp³-hybridized carbons (Fsp3) is 0.524. The van der Waals surface area contributed by atoms with Crippen molar-refractivity contribution in [3.8, 4) is 5.69 Å². The van der Waals surface area contributed by atoms with Crippen molar-refractivity contribution in [3.05, 3.63) is 45.2 Å². The SMILES string of the molecule is Cc1nn(-c2ccc(Cl)cc2Cl)c(C)c1CC(=O)NCCC1CCN(C)CC1. The molecule has 0 radical (unpaired) electrons. The molecule has 0 aliphatic carbocycles. The molecular formula is C21H28Cl2N4O. The molecule has 0 bridgehead atoms. The monoisotopic (exact) mass is 422 g/mol. The highest BCUT2D eigenvalue weighted by molar-refractivity contribution is 6.35. The Kier molecular flexibility index (Phi) is 7.02. The number of rotatable bonds is 6. The van der Waals surface area contributed by atoms with E-state index in [1.807, 2.05) is 19.9 Å². The van der Waals surface area contributed by atoms with Crippen molar-refractivity contribution in [2.24, 2.45) is 5.92 Å². The van der Waals surface area contributed by atoms with Gasteiger partial charge in [0, 0.05) is 22.8 Å². The second kappa shape index (κ2) is 9.29. The van der Waals surface area contributed by atoms with Crippen LogP contribution in [0.1, 0.15) is 36.2 Å². The predicted molar refractivity (Wildman–Crippen MR) is 115 cm³/mol. The van der Waals surface area contributed by atoms with E-state index in [2.05, 4.69) is 22.4 Å². The van der Waals surface area contributed by atoms with Crippen LogP contribution in [0.15, 0.2) is 18.2 Å². The number of halogens is 2. The topological polar surface area (TPSA) is 50.2 Å². The molecule has 1 N–H and O–H groups in total. The zero-order valence-electron chi connectivity index (χ0n) is 16.8. The highest BCUT2D eigenvalue weighted by Gasteiger charge is 2.19. The van der Waals surface area contributed by atoms with E-state index in [0.29, 0.717) is 16.5 Å². The first-order chi connectivity index (χ1) is 13.3. The van der Waals surface area contributed by atoms with Crippen molar-refractivity contribution in [1.82, 2.24) is 20.0 Å². The maximum absolute atomic E-state index is 12.5. The van der Waals surface area contributed by atoms with Crippen molar-refractivity contribution in [3.63, 3.8) is 0 Å². The second-order valence-electron chi connectivity index (χ2n) is 7.72. The van der Waals surface area contributed by atoms with E-state index >= 15 is 0 Å². The molecule has 2 heterocycles. The molecule has 1 amide bonds. The maximum Gasteiger partial charge on any atom is 0.224 e. The fourth-order valence-corrected chi connectivity index (χ4v) is 4.30. The first-order valence-electron chi connectivity index (χ1n) is 9.81. The number of hydrogen-bond acceptors (Lipinski definition) is 3. The fourth-order valence-electron chi connectivity index (χ4n) is 3.81. The van der Waals surface area contributed by atoms with Crippen LogP contribution in [0.3, 0.4) is 0 Å². The van der Waals surface area contributed by atoms with E-state index in [1.54, 1.807) is 16.8 Å². The third-order valence-electron chi connectivity index (χ3n) is 5.63. The molecule has 28 heavy (non-hydrogen) atoms. The van der Waals surface area contributed by atoms with Crippen LogP contribution in [0, 0.1) is 19.8 Å². The molecule has 3 rings (SSSR count). The number of carbonyl (C=O) groups is 1. The molecule has 1 aliphatic rings. The molecule has 5 nitrogen and oxygen atoms in total. The van der Waals surface area contributed by atoms with Gasteiger partial charge in [0.25, 0.3) is 0 Å². The number of hydrogen-bond donors (Lipinski definition) is 1. The van der Waals surface area contributed by atoms with Gasteiger partial charge in [-0.3, -0.25) is 4.79 Å². The number of benzene rings is 1. The third kappa shape index (κ3) is 5.07. The molecule has 2 aromatic rings. The molecule has 0 unspecified atom stereocenters. The van der Waals surface area contributed by atoms with Crippen LogP contribution < -0.4 is 5.32 Å². The Labute approximate surface area is 177 Å². The van der Waals surface area contributed by atoms with E-state index in [4.69, 9.17) is 23.2 Å². The summed E-state index contributed by atoms with van der Waals surface area (Å²) in [4.78, 5) is 14.8. The van der Waals surface area contributed by atoms with E-state index in [1.165, 1.54) is 12.8 Å². The Morgan fingerprint density at radius 2 is 1.96 bits per heavy atom. The van der Waals surface area contributed by atoms with Gasteiger partial charge in [-0.25, -0.2) is 4.68 Å². The average Bonchev–Trinajstić information content (AvgIpc) is 2.91. The van der Waals surface area contributed by atoms with E-state index < -0.39 is 0 Å². The van der Waals surface area contributed by atoms with Crippen LogP contribution in [0.4, 0.5) is 0 Å². The standard InChI is InChI=1S/C21H28Cl2N4O/c1-14-18(13-21(28)24-9-6-16-7-10-26(3)11-8-16)15(2)27(25-14)20-5-4-17(22)12-19(20)23/h4-5,12,16H,6-11,13H2,1-3H3,(H,24,28). The minimum atomic E-state index is 0.0425. The number of nitrogens with one attached hydrogen (secondary N) is 1. The number of carbonyl (C=O) groups excluding carboxylic acids is 1. The summed E-state index contributed by atoms with van der Waals surface area (Å²) in [6, 6.07) is 5.33. The first kappa shape index (κ1) is 21.2. The van der Waals surface area contributed by atoms with Crippen LogP contribution in [-0.4, -0.2) is 47.3 Å². The van der Waals surface area contributed by atoms with Crippen molar-refractivity contribution in [1.29, 1.82) is 0 Å². The number of amides is 1. The summed E-state index contributed by atoms with van der Waals surface area (Å²) in [7, 11) is 2.17. The molecule has 0 saturated carbocycles. The quantitative estimate of drug-likeness (QED) is 0.758. The molecule has 1 aromatic heterocycles. The minimum Gasteiger partial charge on any atom is -0.356 e. The average molecular weight is 423 g/mol. The predicted octanol–water partition coefficient (Wildman–Crippen LogP) is 4.19. The Hall–Kier alpha value is -1.56. The largest absolute Gasteiger partial charge is 0.356 e. The lowest BCUT2D eigenvalue weighted by Gasteiger charge is -2.28. The summed E-state index contributed by atoms with van der Waals surface area (Å²) in [6.07, 6.45) is 3.83. The number of aryl methyl sites for hydroxylation is 1. The van der Waals surface area contributed by atoms with Gasteiger partial charge in [0.05, 0.1) is 22.8 Å². The van der Waals surface area contributed by atoms with Crippen LogP contribution >= 0.6 is 23.2 Å². The first-order valence-corrected chi connectivity index (χ1v) is 10.6. The Balaban J connectivity index is 1.59. The van der Waals surface area contributed by atoms with Crippen LogP contribution in [0.25, 0.3) is 5.69 Å². The van der Waals surface area contributed by atoms with Gasteiger partial charge in [0.1, 0.15) is 0 Å². The van der Waals surface area contributed by atoms with Gasteiger partial charge in [-0.1, -0.05) is 23.2 Å². The summed E-state index contributed by atoms with van der Waals surface area (Å²) in [5.41, 5.74) is 3.48. The van der Waals surface area contributed by atoms with Gasteiger partial charge in [-0.15, -0.1) is 0 Å². The Morgan fingerprint density at radius 3 is 2.64 bits per heavy atom. The number of nitrogens with zero attached hydrogens (tertiary/aromatic N) is 3. The summed E-state index contributed by atoms with van der Waals surface area (Å²) >= 11 is 12.3. The van der Waals surface area contributed by atoms with Crippen molar-refractivity contribution >= 4 is 29.1 Å². The number of aromatic nitrogens is 2. The smallest absolute Gasteiger partial charge is 0.224 e. The summed E-state index contributed by atoms with van der Waals surface area (Å²) in [5, 5.41) is 8.79. The van der Waals surface area contributed by atoms with Gasteiger partial charge in [-0.2, -0.15) is 5.10 Å². The van der Waals surface area contributed by atoms with Crippen molar-refractivity contribution < 1.29 is 4.79 Å². The van der Waals surface area contributed by atoms with Crippen LogP contribution in [0.2, 0.25) is 10.0 Å². The Morgan fingerprint density at radius 1 is 1.25 bits per heavy atom. The summed E-state index contributed by atoms with van der Waals surface area (Å²) in [6.45, 7) is 6.94. The lowest BCUT2D eigenvalue weighted by atomic mass is 9.94. The Bertz CT molecular complexity index is 841. The van der Waals surface area contributed by atoms with Crippen LogP contribution in [-0.2, 0) is 11.2 Å². The van der Waals surface area contributed by atoms with E-state index in [-0.39, 0.29) is 5.91 Å². The zero-order chi connectivity index (χ0) is 20.3. The van der Waals surface area contributed by atoms with Gasteiger partial charge >= 0.3 is 0 Å². The maximum atomic E-state index is 12.5. The summed E-state index contributed by atoms with van der Waals surface area (Å²) in [5.74, 6) is 0.760. The zero-order valence-corrected chi connectivity index (χ0v) is 18.3. The molecule has 1 aliphatic heterocycles. The highest BCUT2D eigenvalue weighted by Crippen LogP contribution is 2.27. The molecule has 0 spiro atoms. The molecule has 0 atom stereocenters. The van der Waals surface area contributed by atoms with Gasteiger partial charge < -0.3 is 10.2 Å². The molecule has 1 saturated heterocycles. The van der Waals surface area contributed by atoms with Crippen LogP contribution in [0.5, 0.6) is 0 Å². The lowest BCUT2D eigenvalue weighted by molar-refractivity contribution is -0.120. The molecule has 152 valence electrons. The normalized spacial score (nSPS) is 15.8. The van der Waals surface area contributed by atoms with Gasteiger partial charge in [-0.05, 0) is 77.4 Å². The van der Waals surface area contributed by atoms with Gasteiger partial charge in [0.15, 0.2) is 0 Å². The molecule has 7 heteroatoms. The summed E-state index contributed by atoms with van der Waals surface area (Å²) < 4.78 is 1.79. The van der Waals surface area contributed by atoms with Crippen molar-refractivity contribution in [2.75, 3.05) is 26.7 Å². The minimum absolute atomic E-state index is 0.0425. The van der Waals surface area contributed by atoms with Crippen molar-refractivity contribution in [2.45, 2.75) is 39.5 Å². The van der Waals surface area contributed by atoms with E-state index in [9.17, 15) is 4.79 Å². The number of likely N-dealkylation sites (tertiary alicyclic amines) is 1. The molecular weight excluding hydrogens is 395 g/mol. The number of piperidine rings is 1. The molecule has 1 fully saturated rings. The lowest BCUT2D eigenvalue weighted by Crippen LogP contribution is -2.33. The highest BCUT2D eigenvalue weighted by atomic mass is 35.5. The second-order valence-corrected chi connectivity index (χ2v) is 8.56. The third-order valence-corrected chi connectivity index (χ3v) is 6.17.